The van der Waals surface area contributed by atoms with Crippen molar-refractivity contribution in [3.8, 4) is 0 Å². The molecule has 0 saturated heterocycles. The first-order valence-corrected chi connectivity index (χ1v) is 7.93. The molecular weight excluding hydrogens is 284 g/mol. The van der Waals surface area contributed by atoms with E-state index in [9.17, 15) is 8.42 Å². The Morgan fingerprint density at radius 2 is 2.32 bits per heavy atom. The summed E-state index contributed by atoms with van der Waals surface area (Å²) in [5.74, 6) is 0.108. The first-order chi connectivity index (χ1) is 9.04. The van der Waals surface area contributed by atoms with Crippen LogP contribution in [-0.2, 0) is 16.4 Å². The molecule has 100 valence electrons. The Labute approximate surface area is 116 Å². The van der Waals surface area contributed by atoms with Gasteiger partial charge < -0.3 is 4.98 Å². The maximum Gasteiger partial charge on any atom is 0.235 e. The van der Waals surface area contributed by atoms with Gasteiger partial charge in [0.1, 0.15) is 0 Å². The van der Waals surface area contributed by atoms with Gasteiger partial charge in [-0.3, -0.25) is 4.31 Å². The predicted octanol–water partition coefficient (Wildman–Crippen LogP) is 2.70. The van der Waals surface area contributed by atoms with E-state index in [0.717, 1.165) is 16.5 Å². The molecule has 0 spiro atoms. The molecule has 0 saturated carbocycles. The van der Waals surface area contributed by atoms with Gasteiger partial charge in [-0.1, -0.05) is 17.7 Å². The number of aromatic amines is 1. The van der Waals surface area contributed by atoms with Crippen LogP contribution in [0.4, 0.5) is 5.69 Å². The van der Waals surface area contributed by atoms with Crippen LogP contribution in [0.5, 0.6) is 0 Å². The first-order valence-electron chi connectivity index (χ1n) is 5.94. The molecule has 1 aliphatic heterocycles. The first kappa shape index (κ1) is 12.6. The molecule has 0 aliphatic carbocycles. The second-order valence-corrected chi connectivity index (χ2v) is 6.94. The maximum absolute atomic E-state index is 12.2. The van der Waals surface area contributed by atoms with E-state index in [1.165, 1.54) is 4.31 Å². The standard InChI is InChI=1S/C13H13ClN2O2S/c1-2-6-16-13-9(4-7-19(16,17)18)8-11(14)10-3-5-15-12(10)13/h2-3,5,8,15H,1,4,6-7H2. The fourth-order valence-corrected chi connectivity index (χ4v) is 4.32. The van der Waals surface area contributed by atoms with Crippen molar-refractivity contribution in [2.24, 2.45) is 0 Å². The zero-order chi connectivity index (χ0) is 13.6. The number of fused-ring (bicyclic) bond motifs is 3. The fourth-order valence-electron chi connectivity index (χ4n) is 2.51. The summed E-state index contributed by atoms with van der Waals surface area (Å²) >= 11 is 6.22. The summed E-state index contributed by atoms with van der Waals surface area (Å²) in [4.78, 5) is 3.09. The highest BCUT2D eigenvalue weighted by molar-refractivity contribution is 7.92. The lowest BCUT2D eigenvalue weighted by Crippen LogP contribution is -2.38. The summed E-state index contributed by atoms with van der Waals surface area (Å²) in [5, 5.41) is 1.49. The van der Waals surface area contributed by atoms with Crippen LogP contribution in [0.15, 0.2) is 31.0 Å². The zero-order valence-corrected chi connectivity index (χ0v) is 11.8. The Bertz CT molecular complexity index is 764. The third-order valence-electron chi connectivity index (χ3n) is 3.36. The van der Waals surface area contributed by atoms with Crippen molar-refractivity contribution in [3.63, 3.8) is 0 Å². The fraction of sp³-hybridized carbons (Fsp3) is 0.231. The molecule has 2 heterocycles. The Kier molecular flexibility index (Phi) is 2.83. The van der Waals surface area contributed by atoms with E-state index in [4.69, 9.17) is 11.6 Å². The van der Waals surface area contributed by atoms with Gasteiger partial charge in [-0.15, -0.1) is 6.58 Å². The number of anilines is 1. The number of rotatable bonds is 2. The Hall–Kier alpha value is -1.46. The molecule has 0 radical (unpaired) electrons. The van der Waals surface area contributed by atoms with Crippen molar-refractivity contribution in [1.29, 1.82) is 0 Å². The predicted molar refractivity (Wildman–Crippen MR) is 78.3 cm³/mol. The van der Waals surface area contributed by atoms with Crippen LogP contribution >= 0.6 is 11.6 Å². The van der Waals surface area contributed by atoms with E-state index in [2.05, 4.69) is 11.6 Å². The van der Waals surface area contributed by atoms with E-state index in [1.807, 2.05) is 12.1 Å². The normalized spacial score (nSPS) is 17.4. The van der Waals surface area contributed by atoms with Crippen LogP contribution in [0.25, 0.3) is 10.9 Å². The summed E-state index contributed by atoms with van der Waals surface area (Å²) in [5.41, 5.74) is 2.43. The van der Waals surface area contributed by atoms with Crippen molar-refractivity contribution in [1.82, 2.24) is 4.98 Å². The number of aryl methyl sites for hydroxylation is 1. The number of hydrogen-bond donors (Lipinski definition) is 1. The maximum atomic E-state index is 12.2. The monoisotopic (exact) mass is 296 g/mol. The molecule has 0 atom stereocenters. The van der Waals surface area contributed by atoms with Crippen LogP contribution in [0.3, 0.4) is 0 Å². The van der Waals surface area contributed by atoms with Crippen molar-refractivity contribution < 1.29 is 8.42 Å². The molecule has 1 aliphatic rings. The minimum atomic E-state index is -3.28. The van der Waals surface area contributed by atoms with Gasteiger partial charge in [0.05, 0.1) is 28.5 Å². The molecule has 2 aromatic rings. The minimum Gasteiger partial charge on any atom is -0.359 e. The lowest BCUT2D eigenvalue weighted by Gasteiger charge is -2.30. The second kappa shape index (κ2) is 4.28. The van der Waals surface area contributed by atoms with Gasteiger partial charge in [-0.05, 0) is 24.1 Å². The SMILES string of the molecule is C=CCN1c2c(cc(Cl)c3cc[nH]c23)CCS1(=O)=O. The summed E-state index contributed by atoms with van der Waals surface area (Å²) in [6, 6.07) is 3.71. The molecule has 3 rings (SSSR count). The molecule has 1 aromatic heterocycles. The number of H-pyrrole nitrogens is 1. The van der Waals surface area contributed by atoms with E-state index in [0.29, 0.717) is 17.1 Å². The Morgan fingerprint density at radius 3 is 3.05 bits per heavy atom. The van der Waals surface area contributed by atoms with Crippen molar-refractivity contribution in [2.75, 3.05) is 16.6 Å². The van der Waals surface area contributed by atoms with E-state index in [-0.39, 0.29) is 12.3 Å². The molecular formula is C13H13ClN2O2S. The van der Waals surface area contributed by atoms with Gasteiger partial charge in [0.15, 0.2) is 0 Å². The average Bonchev–Trinajstić information content (AvgIpc) is 2.83. The lowest BCUT2D eigenvalue weighted by molar-refractivity contribution is 0.590. The van der Waals surface area contributed by atoms with Crippen LogP contribution in [-0.4, -0.2) is 25.7 Å². The van der Waals surface area contributed by atoms with Crippen molar-refractivity contribution in [2.45, 2.75) is 6.42 Å². The number of hydrogen-bond acceptors (Lipinski definition) is 2. The summed E-state index contributed by atoms with van der Waals surface area (Å²) in [6.07, 6.45) is 3.85. The van der Waals surface area contributed by atoms with Crippen molar-refractivity contribution in [3.05, 3.63) is 41.6 Å². The van der Waals surface area contributed by atoms with Crippen LogP contribution in [0.1, 0.15) is 5.56 Å². The van der Waals surface area contributed by atoms with E-state index >= 15 is 0 Å². The highest BCUT2D eigenvalue weighted by Crippen LogP contribution is 2.39. The quantitative estimate of drug-likeness (QED) is 0.866. The van der Waals surface area contributed by atoms with Gasteiger partial charge in [-0.2, -0.15) is 0 Å². The Morgan fingerprint density at radius 1 is 1.53 bits per heavy atom. The third-order valence-corrected chi connectivity index (χ3v) is 5.39. The lowest BCUT2D eigenvalue weighted by atomic mass is 10.1. The highest BCUT2D eigenvalue weighted by Gasteiger charge is 2.31. The van der Waals surface area contributed by atoms with Gasteiger partial charge >= 0.3 is 0 Å². The van der Waals surface area contributed by atoms with Gasteiger partial charge in [0, 0.05) is 11.6 Å². The molecule has 0 unspecified atom stereocenters. The summed E-state index contributed by atoms with van der Waals surface area (Å²) < 4.78 is 25.8. The van der Waals surface area contributed by atoms with Gasteiger partial charge in [0.2, 0.25) is 10.0 Å². The topological polar surface area (TPSA) is 53.2 Å². The Balaban J connectivity index is 2.36. The number of aromatic nitrogens is 1. The largest absolute Gasteiger partial charge is 0.359 e. The minimum absolute atomic E-state index is 0.108. The highest BCUT2D eigenvalue weighted by atomic mass is 35.5. The molecule has 4 nitrogen and oxygen atoms in total. The number of nitrogens with zero attached hydrogens (tertiary/aromatic N) is 1. The van der Waals surface area contributed by atoms with E-state index < -0.39 is 10.0 Å². The number of sulfonamides is 1. The average molecular weight is 297 g/mol. The van der Waals surface area contributed by atoms with Gasteiger partial charge in [0.25, 0.3) is 0 Å². The summed E-state index contributed by atoms with van der Waals surface area (Å²) in [6.45, 7) is 3.91. The molecule has 6 heteroatoms. The summed E-state index contributed by atoms with van der Waals surface area (Å²) in [7, 11) is -3.28. The molecule has 1 aromatic carbocycles. The van der Waals surface area contributed by atoms with Gasteiger partial charge in [-0.25, -0.2) is 8.42 Å². The van der Waals surface area contributed by atoms with Crippen LogP contribution in [0.2, 0.25) is 5.02 Å². The molecule has 0 amide bonds. The molecule has 19 heavy (non-hydrogen) atoms. The third kappa shape index (κ3) is 1.84. The molecule has 0 fully saturated rings. The van der Waals surface area contributed by atoms with Crippen LogP contribution < -0.4 is 4.31 Å². The smallest absolute Gasteiger partial charge is 0.235 e. The van der Waals surface area contributed by atoms with Crippen molar-refractivity contribution >= 4 is 38.2 Å². The molecule has 0 bridgehead atoms. The number of nitrogens with one attached hydrogen (secondary N) is 1. The number of benzene rings is 1. The zero-order valence-electron chi connectivity index (χ0n) is 10.2. The number of halogens is 1. The van der Waals surface area contributed by atoms with Crippen LogP contribution in [0, 0.1) is 0 Å². The second-order valence-electron chi connectivity index (χ2n) is 4.52. The molecule has 1 N–H and O–H groups in total. The van der Waals surface area contributed by atoms with E-state index in [1.54, 1.807) is 12.3 Å².